The monoisotopic (exact) mass is 269 g/mol. The predicted octanol–water partition coefficient (Wildman–Crippen LogP) is 1.19. The van der Waals surface area contributed by atoms with Crippen LogP contribution in [0.5, 0.6) is 11.5 Å². The van der Waals surface area contributed by atoms with Crippen LogP contribution < -0.4 is 14.8 Å². The van der Waals surface area contributed by atoms with Crippen molar-refractivity contribution in [2.75, 3.05) is 40.6 Å². The van der Waals surface area contributed by atoms with Crippen LogP contribution >= 0.6 is 0 Å². The first-order valence-corrected chi connectivity index (χ1v) is 6.42. The van der Waals surface area contributed by atoms with Gasteiger partial charge in [-0.05, 0) is 31.2 Å². The standard InChI is InChI=1S/C14H23NO4/c1-17-13-4-5-14(18-2)12(10-13)11-15-6-3-8-19-9-7-16/h4-5,10,15-16H,3,6-9,11H2,1-2H3. The summed E-state index contributed by atoms with van der Waals surface area (Å²) < 4.78 is 15.7. The second kappa shape index (κ2) is 9.61. The van der Waals surface area contributed by atoms with E-state index in [1.165, 1.54) is 0 Å². The van der Waals surface area contributed by atoms with Gasteiger partial charge in [-0.15, -0.1) is 0 Å². The molecule has 1 aromatic rings. The van der Waals surface area contributed by atoms with E-state index in [4.69, 9.17) is 19.3 Å². The van der Waals surface area contributed by atoms with Gasteiger partial charge >= 0.3 is 0 Å². The molecule has 0 bridgehead atoms. The number of aliphatic hydroxyl groups is 1. The Morgan fingerprint density at radius 3 is 2.68 bits per heavy atom. The predicted molar refractivity (Wildman–Crippen MR) is 73.8 cm³/mol. The fourth-order valence-electron chi connectivity index (χ4n) is 1.71. The molecule has 0 saturated carbocycles. The van der Waals surface area contributed by atoms with Gasteiger partial charge in [0, 0.05) is 18.7 Å². The van der Waals surface area contributed by atoms with E-state index in [-0.39, 0.29) is 6.61 Å². The summed E-state index contributed by atoms with van der Waals surface area (Å²) in [5.74, 6) is 1.67. The summed E-state index contributed by atoms with van der Waals surface area (Å²) >= 11 is 0. The summed E-state index contributed by atoms with van der Waals surface area (Å²) in [6, 6.07) is 5.75. The zero-order chi connectivity index (χ0) is 13.9. The van der Waals surface area contributed by atoms with Gasteiger partial charge in [-0.2, -0.15) is 0 Å². The molecule has 0 spiro atoms. The van der Waals surface area contributed by atoms with E-state index in [2.05, 4.69) is 5.32 Å². The highest BCUT2D eigenvalue weighted by atomic mass is 16.5. The lowest BCUT2D eigenvalue weighted by Crippen LogP contribution is -2.17. The van der Waals surface area contributed by atoms with Gasteiger partial charge in [-0.25, -0.2) is 0 Å². The minimum absolute atomic E-state index is 0.0778. The smallest absolute Gasteiger partial charge is 0.123 e. The minimum Gasteiger partial charge on any atom is -0.497 e. The average molecular weight is 269 g/mol. The largest absolute Gasteiger partial charge is 0.497 e. The van der Waals surface area contributed by atoms with Crippen LogP contribution in [0.25, 0.3) is 0 Å². The van der Waals surface area contributed by atoms with Crippen molar-refractivity contribution >= 4 is 0 Å². The Labute approximate surface area is 114 Å². The number of hydrogen-bond donors (Lipinski definition) is 2. The van der Waals surface area contributed by atoms with Crippen LogP contribution in [0.3, 0.4) is 0 Å². The maximum Gasteiger partial charge on any atom is 0.123 e. The van der Waals surface area contributed by atoms with Gasteiger partial charge in [-0.1, -0.05) is 0 Å². The zero-order valence-corrected chi connectivity index (χ0v) is 11.6. The summed E-state index contributed by atoms with van der Waals surface area (Å²) in [4.78, 5) is 0. The third-order valence-corrected chi connectivity index (χ3v) is 2.68. The highest BCUT2D eigenvalue weighted by molar-refractivity contribution is 5.40. The van der Waals surface area contributed by atoms with E-state index in [1.54, 1.807) is 14.2 Å². The minimum atomic E-state index is 0.0778. The third kappa shape index (κ3) is 5.92. The molecule has 0 aromatic heterocycles. The quantitative estimate of drug-likeness (QED) is 0.625. The maximum atomic E-state index is 8.56. The average Bonchev–Trinajstić information content (AvgIpc) is 2.46. The van der Waals surface area contributed by atoms with Gasteiger partial charge < -0.3 is 24.6 Å². The fraction of sp³-hybridized carbons (Fsp3) is 0.571. The lowest BCUT2D eigenvalue weighted by molar-refractivity contribution is 0.0907. The van der Waals surface area contributed by atoms with Crippen molar-refractivity contribution in [2.24, 2.45) is 0 Å². The van der Waals surface area contributed by atoms with Crippen LogP contribution in [-0.2, 0) is 11.3 Å². The van der Waals surface area contributed by atoms with Crippen molar-refractivity contribution in [1.82, 2.24) is 5.32 Å². The topological polar surface area (TPSA) is 60.0 Å². The molecule has 0 heterocycles. The SMILES string of the molecule is COc1ccc(OC)c(CNCCCOCCO)c1. The van der Waals surface area contributed by atoms with Gasteiger partial charge in [0.15, 0.2) is 0 Å². The number of rotatable bonds is 10. The third-order valence-electron chi connectivity index (χ3n) is 2.68. The number of nitrogens with one attached hydrogen (secondary N) is 1. The maximum absolute atomic E-state index is 8.56. The second-order valence-corrected chi connectivity index (χ2v) is 4.04. The Balaban J connectivity index is 2.31. The van der Waals surface area contributed by atoms with E-state index in [9.17, 15) is 0 Å². The lowest BCUT2D eigenvalue weighted by Gasteiger charge is -2.11. The van der Waals surface area contributed by atoms with Gasteiger partial charge in [0.2, 0.25) is 0 Å². The van der Waals surface area contributed by atoms with Crippen LogP contribution in [0.4, 0.5) is 0 Å². The van der Waals surface area contributed by atoms with Crippen molar-refractivity contribution in [2.45, 2.75) is 13.0 Å². The van der Waals surface area contributed by atoms with Gasteiger partial charge in [-0.3, -0.25) is 0 Å². The molecular weight excluding hydrogens is 246 g/mol. The van der Waals surface area contributed by atoms with Crippen molar-refractivity contribution < 1.29 is 19.3 Å². The first-order valence-electron chi connectivity index (χ1n) is 6.42. The van der Waals surface area contributed by atoms with E-state index in [0.717, 1.165) is 36.6 Å². The molecule has 0 radical (unpaired) electrons. The Hall–Kier alpha value is -1.30. The molecule has 0 unspecified atom stereocenters. The molecule has 0 amide bonds. The molecule has 108 valence electrons. The van der Waals surface area contributed by atoms with Crippen LogP contribution in [0.1, 0.15) is 12.0 Å². The van der Waals surface area contributed by atoms with E-state index < -0.39 is 0 Å². The number of ether oxygens (including phenoxy) is 3. The molecule has 2 N–H and O–H groups in total. The number of aliphatic hydroxyl groups excluding tert-OH is 1. The van der Waals surface area contributed by atoms with E-state index in [1.807, 2.05) is 18.2 Å². The van der Waals surface area contributed by atoms with Crippen LogP contribution in [-0.4, -0.2) is 45.7 Å². The molecule has 0 saturated heterocycles. The van der Waals surface area contributed by atoms with E-state index >= 15 is 0 Å². The summed E-state index contributed by atoms with van der Waals surface area (Å²) in [5, 5.41) is 11.9. The van der Waals surface area contributed by atoms with Crippen molar-refractivity contribution in [3.63, 3.8) is 0 Å². The Bertz CT molecular complexity index is 357. The van der Waals surface area contributed by atoms with Crippen molar-refractivity contribution in [1.29, 1.82) is 0 Å². The van der Waals surface area contributed by atoms with Crippen molar-refractivity contribution in [3.05, 3.63) is 23.8 Å². The molecule has 0 fully saturated rings. The highest BCUT2D eigenvalue weighted by Gasteiger charge is 2.04. The summed E-state index contributed by atoms with van der Waals surface area (Å²) in [6.07, 6.45) is 0.909. The van der Waals surface area contributed by atoms with Gasteiger partial charge in [0.05, 0.1) is 27.4 Å². The molecule has 0 aliphatic rings. The fourth-order valence-corrected chi connectivity index (χ4v) is 1.71. The normalized spacial score (nSPS) is 10.5. The first kappa shape index (κ1) is 15.8. The second-order valence-electron chi connectivity index (χ2n) is 4.04. The molecule has 5 heteroatoms. The molecule has 0 atom stereocenters. The molecule has 5 nitrogen and oxygen atoms in total. The Kier molecular flexibility index (Phi) is 7.97. The van der Waals surface area contributed by atoms with Crippen molar-refractivity contribution in [3.8, 4) is 11.5 Å². The van der Waals surface area contributed by atoms with Crippen LogP contribution in [0, 0.1) is 0 Å². The number of hydrogen-bond acceptors (Lipinski definition) is 5. The summed E-state index contributed by atoms with van der Waals surface area (Å²) in [6.45, 7) is 2.72. The lowest BCUT2D eigenvalue weighted by atomic mass is 10.2. The summed E-state index contributed by atoms with van der Waals surface area (Å²) in [7, 11) is 3.31. The van der Waals surface area contributed by atoms with Gasteiger partial charge in [0.25, 0.3) is 0 Å². The van der Waals surface area contributed by atoms with Crippen LogP contribution in [0.15, 0.2) is 18.2 Å². The zero-order valence-electron chi connectivity index (χ0n) is 11.6. The highest BCUT2D eigenvalue weighted by Crippen LogP contribution is 2.23. The summed E-state index contributed by atoms with van der Waals surface area (Å²) in [5.41, 5.74) is 1.07. The Morgan fingerprint density at radius 2 is 2.00 bits per heavy atom. The molecular formula is C14H23NO4. The number of benzene rings is 1. The Morgan fingerprint density at radius 1 is 1.16 bits per heavy atom. The molecule has 0 aliphatic heterocycles. The van der Waals surface area contributed by atoms with E-state index in [0.29, 0.717) is 13.2 Å². The van der Waals surface area contributed by atoms with Gasteiger partial charge in [0.1, 0.15) is 11.5 Å². The molecule has 1 rings (SSSR count). The van der Waals surface area contributed by atoms with Crippen LogP contribution in [0.2, 0.25) is 0 Å². The first-order chi connectivity index (χ1) is 9.31. The molecule has 0 aliphatic carbocycles. The molecule has 1 aromatic carbocycles. The number of methoxy groups -OCH3 is 2. The molecule has 19 heavy (non-hydrogen) atoms.